The molecule has 0 aliphatic carbocycles. The van der Waals surface area contributed by atoms with Gasteiger partial charge >= 0.3 is 0 Å². The molecule has 0 radical (unpaired) electrons. The SMILES string of the molecule is CCNCc1ccc(-c2c(F)cccc2F)cc1F. The third-order valence-corrected chi connectivity index (χ3v) is 2.87. The van der Waals surface area contributed by atoms with Gasteiger partial charge < -0.3 is 5.32 Å². The van der Waals surface area contributed by atoms with E-state index in [9.17, 15) is 13.2 Å². The number of benzene rings is 2. The first-order valence-corrected chi connectivity index (χ1v) is 6.07. The second-order valence-corrected chi connectivity index (χ2v) is 4.18. The molecule has 1 nitrogen and oxygen atoms in total. The van der Waals surface area contributed by atoms with Gasteiger partial charge in [0.15, 0.2) is 0 Å². The van der Waals surface area contributed by atoms with Crippen molar-refractivity contribution in [2.75, 3.05) is 6.54 Å². The molecule has 2 rings (SSSR count). The zero-order chi connectivity index (χ0) is 13.8. The van der Waals surface area contributed by atoms with Crippen molar-refractivity contribution in [3.05, 3.63) is 59.4 Å². The first-order valence-electron chi connectivity index (χ1n) is 6.07. The highest BCUT2D eigenvalue weighted by atomic mass is 19.1. The van der Waals surface area contributed by atoms with E-state index < -0.39 is 17.5 Å². The van der Waals surface area contributed by atoms with Crippen LogP contribution in [-0.4, -0.2) is 6.54 Å². The van der Waals surface area contributed by atoms with E-state index in [2.05, 4.69) is 5.32 Å². The van der Waals surface area contributed by atoms with E-state index in [-0.39, 0.29) is 11.1 Å². The van der Waals surface area contributed by atoms with Crippen LogP contribution in [0.3, 0.4) is 0 Å². The Kier molecular flexibility index (Phi) is 4.22. The summed E-state index contributed by atoms with van der Waals surface area (Å²) >= 11 is 0. The summed E-state index contributed by atoms with van der Waals surface area (Å²) in [5.41, 5.74) is 0.479. The molecule has 0 atom stereocenters. The van der Waals surface area contributed by atoms with Crippen molar-refractivity contribution in [2.45, 2.75) is 13.5 Å². The number of rotatable bonds is 4. The fraction of sp³-hybridized carbons (Fsp3) is 0.200. The molecule has 100 valence electrons. The Hall–Kier alpha value is -1.81. The maximum absolute atomic E-state index is 13.8. The highest BCUT2D eigenvalue weighted by Gasteiger charge is 2.12. The average Bonchev–Trinajstić information content (AvgIpc) is 2.37. The van der Waals surface area contributed by atoms with E-state index in [1.165, 1.54) is 12.1 Å². The fourth-order valence-electron chi connectivity index (χ4n) is 1.88. The molecule has 0 heterocycles. The lowest BCUT2D eigenvalue weighted by atomic mass is 10.0. The Morgan fingerprint density at radius 2 is 1.63 bits per heavy atom. The van der Waals surface area contributed by atoms with Crippen molar-refractivity contribution >= 4 is 0 Å². The van der Waals surface area contributed by atoms with E-state index in [1.807, 2.05) is 6.92 Å². The van der Waals surface area contributed by atoms with E-state index in [0.717, 1.165) is 24.7 Å². The topological polar surface area (TPSA) is 12.0 Å². The van der Waals surface area contributed by atoms with Gasteiger partial charge in [-0.3, -0.25) is 0 Å². The maximum Gasteiger partial charge on any atom is 0.133 e. The van der Waals surface area contributed by atoms with Crippen LogP contribution >= 0.6 is 0 Å². The third-order valence-electron chi connectivity index (χ3n) is 2.87. The predicted molar refractivity (Wildman–Crippen MR) is 69.1 cm³/mol. The second-order valence-electron chi connectivity index (χ2n) is 4.18. The molecule has 4 heteroatoms. The van der Waals surface area contributed by atoms with Crippen molar-refractivity contribution in [2.24, 2.45) is 0 Å². The number of halogens is 3. The van der Waals surface area contributed by atoms with Crippen molar-refractivity contribution in [3.8, 4) is 11.1 Å². The molecule has 0 fully saturated rings. The summed E-state index contributed by atoms with van der Waals surface area (Å²) in [6.07, 6.45) is 0. The van der Waals surface area contributed by atoms with Crippen LogP contribution in [0.15, 0.2) is 36.4 Å². The standard InChI is InChI=1S/C15H14F3N/c1-2-19-9-11-7-6-10(8-14(11)18)15-12(16)4-3-5-13(15)17/h3-8,19H,2,9H2,1H3. The van der Waals surface area contributed by atoms with Crippen LogP contribution in [0.1, 0.15) is 12.5 Å². The van der Waals surface area contributed by atoms with Crippen LogP contribution in [0.4, 0.5) is 13.2 Å². The number of nitrogens with one attached hydrogen (secondary N) is 1. The molecular weight excluding hydrogens is 251 g/mol. The zero-order valence-electron chi connectivity index (χ0n) is 10.5. The molecule has 0 saturated heterocycles. The zero-order valence-corrected chi connectivity index (χ0v) is 10.5. The van der Waals surface area contributed by atoms with Crippen LogP contribution in [0.25, 0.3) is 11.1 Å². The molecule has 0 unspecified atom stereocenters. The Morgan fingerprint density at radius 1 is 0.947 bits per heavy atom. The van der Waals surface area contributed by atoms with Gasteiger partial charge in [0, 0.05) is 12.1 Å². The summed E-state index contributed by atoms with van der Waals surface area (Å²) in [6, 6.07) is 7.82. The van der Waals surface area contributed by atoms with Crippen LogP contribution in [0.5, 0.6) is 0 Å². The van der Waals surface area contributed by atoms with E-state index in [1.54, 1.807) is 6.07 Å². The first-order chi connectivity index (χ1) is 9.13. The molecule has 1 N–H and O–H groups in total. The van der Waals surface area contributed by atoms with Crippen molar-refractivity contribution in [1.29, 1.82) is 0 Å². The summed E-state index contributed by atoms with van der Waals surface area (Å²) in [4.78, 5) is 0. The highest BCUT2D eigenvalue weighted by Crippen LogP contribution is 2.27. The van der Waals surface area contributed by atoms with Crippen LogP contribution in [-0.2, 0) is 6.54 Å². The van der Waals surface area contributed by atoms with Crippen LogP contribution in [0, 0.1) is 17.5 Å². The summed E-state index contributed by atoms with van der Waals surface area (Å²) in [7, 11) is 0. The molecule has 19 heavy (non-hydrogen) atoms. The summed E-state index contributed by atoms with van der Waals surface area (Å²) in [5.74, 6) is -1.86. The van der Waals surface area contributed by atoms with Crippen molar-refractivity contribution < 1.29 is 13.2 Å². The minimum absolute atomic E-state index is 0.198. The maximum atomic E-state index is 13.8. The largest absolute Gasteiger partial charge is 0.313 e. The Morgan fingerprint density at radius 3 is 2.21 bits per heavy atom. The lowest BCUT2D eigenvalue weighted by Gasteiger charge is -2.08. The molecule has 2 aromatic carbocycles. The monoisotopic (exact) mass is 265 g/mol. The Bertz CT molecular complexity index is 561. The van der Waals surface area contributed by atoms with Gasteiger partial charge in [0.25, 0.3) is 0 Å². The predicted octanol–water partition coefficient (Wildman–Crippen LogP) is 3.88. The Balaban J connectivity index is 2.39. The molecular formula is C15H14F3N. The smallest absolute Gasteiger partial charge is 0.133 e. The van der Waals surface area contributed by atoms with Gasteiger partial charge in [-0.15, -0.1) is 0 Å². The number of hydrogen-bond donors (Lipinski definition) is 1. The van der Waals surface area contributed by atoms with Crippen molar-refractivity contribution in [3.63, 3.8) is 0 Å². The molecule has 0 aromatic heterocycles. The molecule has 0 amide bonds. The summed E-state index contributed by atoms with van der Waals surface area (Å²) in [6.45, 7) is 3.03. The number of hydrogen-bond acceptors (Lipinski definition) is 1. The second kappa shape index (κ2) is 5.89. The lowest BCUT2D eigenvalue weighted by Crippen LogP contribution is -2.12. The van der Waals surface area contributed by atoms with Crippen molar-refractivity contribution in [1.82, 2.24) is 5.32 Å². The first kappa shape index (κ1) is 13.6. The third kappa shape index (κ3) is 2.96. The van der Waals surface area contributed by atoms with Gasteiger partial charge in [-0.2, -0.15) is 0 Å². The van der Waals surface area contributed by atoms with Crippen LogP contribution < -0.4 is 5.32 Å². The van der Waals surface area contributed by atoms with Gasteiger partial charge in [-0.1, -0.05) is 25.1 Å². The van der Waals surface area contributed by atoms with Crippen LogP contribution in [0.2, 0.25) is 0 Å². The quantitative estimate of drug-likeness (QED) is 0.884. The minimum Gasteiger partial charge on any atom is -0.313 e. The molecule has 0 bridgehead atoms. The van der Waals surface area contributed by atoms with Gasteiger partial charge in [0.1, 0.15) is 17.5 Å². The summed E-state index contributed by atoms with van der Waals surface area (Å²) < 4.78 is 41.0. The molecule has 0 spiro atoms. The van der Waals surface area contributed by atoms with Gasteiger partial charge in [0.05, 0.1) is 5.56 Å². The van der Waals surface area contributed by atoms with Gasteiger partial charge in [-0.05, 0) is 30.3 Å². The highest BCUT2D eigenvalue weighted by molar-refractivity contribution is 5.65. The van der Waals surface area contributed by atoms with Gasteiger partial charge in [-0.25, -0.2) is 13.2 Å². The van der Waals surface area contributed by atoms with E-state index >= 15 is 0 Å². The van der Waals surface area contributed by atoms with Gasteiger partial charge in [0.2, 0.25) is 0 Å². The lowest BCUT2D eigenvalue weighted by molar-refractivity contribution is 0.585. The summed E-state index contributed by atoms with van der Waals surface area (Å²) in [5, 5.41) is 3.00. The van der Waals surface area contributed by atoms with E-state index in [0.29, 0.717) is 12.1 Å². The normalized spacial score (nSPS) is 10.7. The molecule has 0 aliphatic heterocycles. The Labute approximate surface area is 110 Å². The minimum atomic E-state index is -0.696. The molecule has 2 aromatic rings. The van der Waals surface area contributed by atoms with E-state index in [4.69, 9.17) is 0 Å². The molecule has 0 saturated carbocycles. The molecule has 0 aliphatic rings. The fourth-order valence-corrected chi connectivity index (χ4v) is 1.88. The average molecular weight is 265 g/mol.